The summed E-state index contributed by atoms with van der Waals surface area (Å²) in [5.41, 5.74) is 2.84. The van der Waals surface area contributed by atoms with Crippen LogP contribution in [0.1, 0.15) is 143 Å². The molecular weight excluding hydrogens is 801 g/mol. The molecule has 4 N–H and O–H groups in total. The number of phenols is 1. The predicted molar refractivity (Wildman–Crippen MR) is 242 cm³/mol. The highest BCUT2D eigenvalue weighted by Gasteiger charge is 2.52. The topological polar surface area (TPSA) is 170 Å². The molecule has 2 amide bonds. The molecule has 3 aromatic carbocycles. The number of allylic oxidation sites excluding steroid dienone is 1. The van der Waals surface area contributed by atoms with Crippen LogP contribution in [-0.4, -0.2) is 76.3 Å². The first-order valence-corrected chi connectivity index (χ1v) is 22.5. The summed E-state index contributed by atoms with van der Waals surface area (Å²) in [5, 5.41) is 25.7. The maximum atomic E-state index is 13.9. The van der Waals surface area contributed by atoms with Gasteiger partial charge in [-0.2, -0.15) is 0 Å². The number of benzene rings is 3. The van der Waals surface area contributed by atoms with Gasteiger partial charge in [0.25, 0.3) is 5.91 Å². The first kappa shape index (κ1) is 48.7. The summed E-state index contributed by atoms with van der Waals surface area (Å²) < 4.78 is 25.1. The molecule has 63 heavy (non-hydrogen) atoms. The fourth-order valence-corrected chi connectivity index (χ4v) is 7.82. The third-order valence-electron chi connectivity index (χ3n) is 11.2. The summed E-state index contributed by atoms with van der Waals surface area (Å²) in [5.74, 6) is -2.34. The van der Waals surface area contributed by atoms with E-state index >= 15 is 0 Å². The lowest BCUT2D eigenvalue weighted by atomic mass is 9.91. The van der Waals surface area contributed by atoms with E-state index in [9.17, 15) is 29.4 Å². The Morgan fingerprint density at radius 2 is 1.60 bits per heavy atom. The number of nitrogens with one attached hydrogen (secondary N) is 2. The van der Waals surface area contributed by atoms with Crippen molar-refractivity contribution in [2.75, 3.05) is 6.61 Å². The van der Waals surface area contributed by atoms with Gasteiger partial charge >= 0.3 is 11.9 Å². The van der Waals surface area contributed by atoms with E-state index in [0.717, 1.165) is 49.7 Å². The number of rotatable bonds is 22. The minimum absolute atomic E-state index is 0.0386. The zero-order chi connectivity index (χ0) is 45.4. The average molecular weight is 867 g/mol. The molecule has 12 nitrogen and oxygen atoms in total. The number of carbonyl (C=O) groups is 4. The maximum absolute atomic E-state index is 13.9. The number of carbonyl (C=O) groups excluding carboxylic acids is 4. The van der Waals surface area contributed by atoms with Crippen molar-refractivity contribution in [3.63, 3.8) is 0 Å². The third kappa shape index (κ3) is 14.9. The number of phenolic OH excluding ortho intramolecular Hbond substituents is 1. The Hall–Kier alpha value is -5.30. The molecule has 0 bridgehead atoms. The lowest BCUT2D eigenvalue weighted by Crippen LogP contribution is -2.43. The number of amides is 2. The van der Waals surface area contributed by atoms with E-state index in [4.69, 9.17) is 18.9 Å². The van der Waals surface area contributed by atoms with Gasteiger partial charge in [-0.05, 0) is 99.6 Å². The van der Waals surface area contributed by atoms with Crippen LogP contribution in [0.15, 0.2) is 90.5 Å². The molecule has 0 radical (unpaired) electrons. The van der Waals surface area contributed by atoms with E-state index in [0.29, 0.717) is 41.5 Å². The van der Waals surface area contributed by atoms with Gasteiger partial charge in [0.1, 0.15) is 29.7 Å². The van der Waals surface area contributed by atoms with Crippen LogP contribution >= 0.6 is 0 Å². The Bertz CT molecular complexity index is 2040. The molecule has 5 rings (SSSR count). The second-order valence-electron chi connectivity index (χ2n) is 17.5. The quantitative estimate of drug-likeness (QED) is 0.0566. The van der Waals surface area contributed by atoms with E-state index in [1.165, 1.54) is 0 Å². The number of hydrogen-bond donors (Lipinski definition) is 4. The van der Waals surface area contributed by atoms with Crippen LogP contribution in [0.3, 0.4) is 0 Å². The van der Waals surface area contributed by atoms with Crippen LogP contribution in [0.2, 0.25) is 0 Å². The SMILES string of the molecule is CCCCCC1(CCCCC)O[C@@H]2[C@@H](C=C(C(=O)NCc3cccc(C(=O)N[C@H](CO)CCC(=O)OC(C)(C)C)c3)C[C@H]2OC(=O)c2ccc(C=CCc3ccccc3O)cc2)O1. The summed E-state index contributed by atoms with van der Waals surface area (Å²) in [4.78, 5) is 53.1. The van der Waals surface area contributed by atoms with Gasteiger partial charge in [0.05, 0.1) is 18.2 Å². The Morgan fingerprint density at radius 1 is 0.889 bits per heavy atom. The van der Waals surface area contributed by atoms with Crippen LogP contribution in [-0.2, 0) is 41.5 Å². The van der Waals surface area contributed by atoms with Gasteiger partial charge in [-0.15, -0.1) is 0 Å². The van der Waals surface area contributed by atoms with E-state index in [1.807, 2.05) is 36.4 Å². The van der Waals surface area contributed by atoms with E-state index in [2.05, 4.69) is 24.5 Å². The number of esters is 2. The van der Waals surface area contributed by atoms with Gasteiger partial charge in [0.2, 0.25) is 5.91 Å². The van der Waals surface area contributed by atoms with Crippen LogP contribution in [0.4, 0.5) is 0 Å². The van der Waals surface area contributed by atoms with Gasteiger partial charge in [-0.3, -0.25) is 14.4 Å². The molecule has 0 saturated carbocycles. The maximum Gasteiger partial charge on any atom is 0.338 e. The standard InChI is InChI=1S/C51H66N2O10/c1-6-8-12-28-51(29-13-9-7-2)61-44-32-40(47(57)52-33-36-17-15-20-39(30-36)48(58)53-41(34-54)26-27-45(56)62-50(3,4)5)31-43(46(44)63-51)60-49(59)38-24-22-35(23-25-38)16-14-19-37-18-10-11-21-42(37)55/h10-11,14-18,20-25,30,32,41,43-44,46,54-55H,6-9,12-13,19,26-29,31,33-34H2,1-5H3,(H,52,57)(H,53,58)/t41-,43+,44+,46-/m0/s1. The smallest absolute Gasteiger partial charge is 0.338 e. The molecule has 3 aromatic rings. The van der Waals surface area contributed by atoms with Gasteiger partial charge in [0, 0.05) is 43.4 Å². The number of para-hydroxylation sites is 1. The Balaban J connectivity index is 1.27. The van der Waals surface area contributed by atoms with Crippen molar-refractivity contribution in [2.45, 2.75) is 154 Å². The summed E-state index contributed by atoms with van der Waals surface area (Å²) in [6, 6.07) is 20.4. The van der Waals surface area contributed by atoms with E-state index < -0.39 is 53.6 Å². The van der Waals surface area contributed by atoms with Crippen molar-refractivity contribution in [3.05, 3.63) is 118 Å². The van der Waals surface area contributed by atoms with Crippen molar-refractivity contribution in [1.29, 1.82) is 0 Å². The van der Waals surface area contributed by atoms with Crippen molar-refractivity contribution in [1.82, 2.24) is 10.6 Å². The number of fused-ring (bicyclic) bond motifs is 1. The second-order valence-corrected chi connectivity index (χ2v) is 17.5. The molecule has 0 spiro atoms. The molecule has 340 valence electrons. The number of unbranched alkanes of at least 4 members (excludes halogenated alkanes) is 4. The zero-order valence-corrected chi connectivity index (χ0v) is 37.5. The minimum atomic E-state index is -0.858. The lowest BCUT2D eigenvalue weighted by Gasteiger charge is -2.31. The van der Waals surface area contributed by atoms with Gasteiger partial charge in [-0.1, -0.05) is 94.1 Å². The second kappa shape index (κ2) is 23.4. The normalized spacial score (nSPS) is 18.6. The van der Waals surface area contributed by atoms with Crippen molar-refractivity contribution in [3.8, 4) is 5.75 Å². The van der Waals surface area contributed by atoms with Gasteiger partial charge in [0.15, 0.2) is 5.79 Å². The molecule has 1 saturated heterocycles. The third-order valence-corrected chi connectivity index (χ3v) is 11.2. The fourth-order valence-electron chi connectivity index (χ4n) is 7.82. The zero-order valence-electron chi connectivity index (χ0n) is 37.5. The van der Waals surface area contributed by atoms with Crippen LogP contribution < -0.4 is 10.6 Å². The molecular formula is C51H66N2O10. The van der Waals surface area contributed by atoms with Crippen LogP contribution in [0, 0.1) is 0 Å². The highest BCUT2D eigenvalue weighted by atomic mass is 16.8. The molecule has 0 unspecified atom stereocenters. The van der Waals surface area contributed by atoms with Crippen LogP contribution in [0.25, 0.3) is 6.08 Å². The Kier molecular flexibility index (Phi) is 18.1. The molecule has 1 aliphatic heterocycles. The molecule has 1 aliphatic carbocycles. The highest BCUT2D eigenvalue weighted by molar-refractivity contribution is 5.95. The summed E-state index contributed by atoms with van der Waals surface area (Å²) in [6.07, 6.45) is 11.9. The molecule has 12 heteroatoms. The van der Waals surface area contributed by atoms with E-state index in [-0.39, 0.29) is 44.1 Å². The molecule has 1 fully saturated rings. The van der Waals surface area contributed by atoms with Crippen molar-refractivity contribution in [2.24, 2.45) is 0 Å². The molecule has 1 heterocycles. The van der Waals surface area contributed by atoms with Gasteiger partial charge < -0.3 is 39.8 Å². The number of ether oxygens (including phenoxy) is 4. The molecule has 2 aliphatic rings. The first-order chi connectivity index (χ1) is 30.2. The number of hydrogen-bond acceptors (Lipinski definition) is 10. The fraction of sp³-hybridized carbons (Fsp3) is 0.490. The summed E-state index contributed by atoms with van der Waals surface area (Å²) >= 11 is 0. The highest BCUT2D eigenvalue weighted by Crippen LogP contribution is 2.43. The number of aromatic hydroxyl groups is 1. The average Bonchev–Trinajstić information content (AvgIpc) is 3.63. The Morgan fingerprint density at radius 3 is 2.27 bits per heavy atom. The molecule has 4 atom stereocenters. The largest absolute Gasteiger partial charge is 0.508 e. The summed E-state index contributed by atoms with van der Waals surface area (Å²) in [7, 11) is 0. The lowest BCUT2D eigenvalue weighted by molar-refractivity contribution is -0.190. The van der Waals surface area contributed by atoms with Crippen LogP contribution in [0.5, 0.6) is 5.75 Å². The monoisotopic (exact) mass is 866 g/mol. The van der Waals surface area contributed by atoms with Crippen molar-refractivity contribution >= 4 is 29.8 Å². The number of aliphatic hydroxyl groups is 1. The first-order valence-electron chi connectivity index (χ1n) is 22.5. The van der Waals surface area contributed by atoms with Gasteiger partial charge in [-0.25, -0.2) is 4.79 Å². The minimum Gasteiger partial charge on any atom is -0.508 e. The number of aliphatic hydroxyl groups excluding tert-OH is 1. The van der Waals surface area contributed by atoms with E-state index in [1.54, 1.807) is 75.4 Å². The predicted octanol–water partition coefficient (Wildman–Crippen LogP) is 8.67. The summed E-state index contributed by atoms with van der Waals surface area (Å²) in [6.45, 7) is 9.39. The van der Waals surface area contributed by atoms with Crippen molar-refractivity contribution < 1.29 is 48.3 Å². The Labute approximate surface area is 372 Å². The molecule has 0 aromatic heterocycles.